The van der Waals surface area contributed by atoms with Gasteiger partial charge in [-0.25, -0.2) is 4.68 Å². The summed E-state index contributed by atoms with van der Waals surface area (Å²) in [5, 5.41) is 7.51. The first-order valence-electron chi connectivity index (χ1n) is 10.7. The van der Waals surface area contributed by atoms with Crippen molar-refractivity contribution in [2.75, 3.05) is 12.1 Å². The van der Waals surface area contributed by atoms with Crippen LogP contribution in [0.4, 0.5) is 5.69 Å². The molecule has 0 saturated heterocycles. The Hall–Kier alpha value is -4.66. The highest BCUT2D eigenvalue weighted by atomic mass is 16.7. The Bertz CT molecular complexity index is 1460. The first-order chi connectivity index (χ1) is 16.6. The van der Waals surface area contributed by atoms with Crippen LogP contribution in [0.3, 0.4) is 0 Å². The number of nitrogens with one attached hydrogen (secondary N) is 1. The van der Waals surface area contributed by atoms with Gasteiger partial charge < -0.3 is 20.5 Å². The van der Waals surface area contributed by atoms with Crippen molar-refractivity contribution in [1.82, 2.24) is 14.8 Å². The average molecular weight is 453 g/mol. The van der Waals surface area contributed by atoms with Gasteiger partial charge in [0.1, 0.15) is 0 Å². The van der Waals surface area contributed by atoms with E-state index in [4.69, 9.17) is 15.2 Å². The number of hydrogen-bond acceptors (Lipinski definition) is 6. The van der Waals surface area contributed by atoms with E-state index in [1.807, 2.05) is 36.4 Å². The lowest BCUT2D eigenvalue weighted by molar-refractivity contribution is 0.0992. The lowest BCUT2D eigenvalue weighted by atomic mass is 9.88. The van der Waals surface area contributed by atoms with Gasteiger partial charge >= 0.3 is 0 Å². The van der Waals surface area contributed by atoms with Crippen LogP contribution in [0.15, 0.2) is 60.9 Å². The number of rotatable bonds is 4. The maximum absolute atomic E-state index is 12.7. The number of nitrogens with zero attached hydrogens (tertiary/aromatic N) is 3. The number of primary amides is 1. The number of benzene rings is 2. The molecule has 2 aromatic carbocycles. The van der Waals surface area contributed by atoms with Crippen LogP contribution in [0, 0.1) is 0 Å². The Labute approximate surface area is 194 Å². The molecule has 2 amide bonds. The third kappa shape index (κ3) is 3.25. The second-order valence-corrected chi connectivity index (χ2v) is 8.05. The van der Waals surface area contributed by atoms with Crippen molar-refractivity contribution in [1.29, 1.82) is 0 Å². The molecule has 9 nitrogen and oxygen atoms in total. The highest BCUT2D eigenvalue weighted by Crippen LogP contribution is 2.40. The summed E-state index contributed by atoms with van der Waals surface area (Å²) in [6, 6.07) is 14.6. The molecule has 0 radical (unpaired) electrons. The van der Waals surface area contributed by atoms with Crippen LogP contribution in [-0.2, 0) is 12.8 Å². The summed E-state index contributed by atoms with van der Waals surface area (Å²) in [6.45, 7) is 0.159. The molecule has 1 aliphatic carbocycles. The molecule has 9 heteroatoms. The predicted octanol–water partition coefficient (Wildman–Crippen LogP) is 3.11. The van der Waals surface area contributed by atoms with Crippen LogP contribution in [0.25, 0.3) is 16.9 Å². The van der Waals surface area contributed by atoms with Crippen LogP contribution < -0.4 is 20.5 Å². The zero-order chi connectivity index (χ0) is 23.2. The normalized spacial score (nSPS) is 13.2. The number of pyridine rings is 1. The van der Waals surface area contributed by atoms with Gasteiger partial charge in [0.2, 0.25) is 6.79 Å². The van der Waals surface area contributed by atoms with Gasteiger partial charge in [-0.15, -0.1) is 0 Å². The number of amides is 2. The van der Waals surface area contributed by atoms with E-state index in [9.17, 15) is 9.59 Å². The lowest BCUT2D eigenvalue weighted by Crippen LogP contribution is -2.15. The Morgan fingerprint density at radius 3 is 2.62 bits per heavy atom. The van der Waals surface area contributed by atoms with Crippen LogP contribution in [0.2, 0.25) is 0 Å². The lowest BCUT2D eigenvalue weighted by Gasteiger charge is -2.20. The average Bonchev–Trinajstić information content (AvgIpc) is 3.49. The zero-order valence-electron chi connectivity index (χ0n) is 17.9. The van der Waals surface area contributed by atoms with Crippen molar-refractivity contribution < 1.29 is 19.1 Å². The Morgan fingerprint density at radius 2 is 1.79 bits per heavy atom. The minimum atomic E-state index is -0.582. The molecule has 34 heavy (non-hydrogen) atoms. The number of ether oxygens (including phenoxy) is 2. The fourth-order valence-electron chi connectivity index (χ4n) is 4.42. The fourth-order valence-corrected chi connectivity index (χ4v) is 4.42. The standard InChI is InChI=1S/C25H19N5O4/c26-24(31)22-18-5-2-14-1-3-16(28-25(32)15-7-9-27-10-8-15)11-19(14)23(18)30(29-22)17-4-6-20-21(12-17)34-13-33-20/h1,3-4,6-12H,2,5,13H2,(H2,26,31)(H,28,32). The van der Waals surface area contributed by atoms with E-state index in [2.05, 4.69) is 15.4 Å². The number of fused-ring (bicyclic) bond motifs is 4. The van der Waals surface area contributed by atoms with Crippen molar-refractivity contribution in [3.8, 4) is 28.4 Å². The SMILES string of the molecule is NC(=O)c1nn(-c2ccc3c(c2)OCO3)c2c1CCc1ccc(NC(=O)c3ccncc3)cc1-2. The maximum Gasteiger partial charge on any atom is 0.269 e. The molecular weight excluding hydrogens is 434 g/mol. The van der Waals surface area contributed by atoms with Crippen LogP contribution >= 0.6 is 0 Å². The largest absolute Gasteiger partial charge is 0.454 e. The number of aryl methyl sites for hydroxylation is 1. The van der Waals surface area contributed by atoms with E-state index in [0.29, 0.717) is 34.9 Å². The minimum absolute atomic E-state index is 0.159. The van der Waals surface area contributed by atoms with Gasteiger partial charge in [-0.3, -0.25) is 14.6 Å². The third-order valence-electron chi connectivity index (χ3n) is 6.03. The number of hydrogen-bond donors (Lipinski definition) is 2. The van der Waals surface area contributed by atoms with E-state index in [-0.39, 0.29) is 18.4 Å². The molecular formula is C25H19N5O4. The van der Waals surface area contributed by atoms with Crippen molar-refractivity contribution in [3.05, 3.63) is 83.3 Å². The topological polar surface area (TPSA) is 121 Å². The molecule has 168 valence electrons. The van der Waals surface area contributed by atoms with Gasteiger partial charge in [0.25, 0.3) is 11.8 Å². The Kier molecular flexibility index (Phi) is 4.54. The van der Waals surface area contributed by atoms with Crippen molar-refractivity contribution in [2.45, 2.75) is 12.8 Å². The molecule has 4 aromatic rings. The quantitative estimate of drug-likeness (QED) is 0.490. The van der Waals surface area contributed by atoms with Gasteiger partial charge in [-0.05, 0) is 54.8 Å². The summed E-state index contributed by atoms with van der Waals surface area (Å²) in [4.78, 5) is 28.9. The highest BCUT2D eigenvalue weighted by Gasteiger charge is 2.29. The molecule has 0 spiro atoms. The van der Waals surface area contributed by atoms with Crippen molar-refractivity contribution in [3.63, 3.8) is 0 Å². The number of aromatic nitrogens is 3. The van der Waals surface area contributed by atoms with Crippen LogP contribution in [-0.4, -0.2) is 33.4 Å². The van der Waals surface area contributed by atoms with Crippen LogP contribution in [0.1, 0.15) is 32.0 Å². The van der Waals surface area contributed by atoms with E-state index in [0.717, 1.165) is 28.8 Å². The Balaban J connectivity index is 1.46. The summed E-state index contributed by atoms with van der Waals surface area (Å²) < 4.78 is 12.7. The maximum atomic E-state index is 12.7. The zero-order valence-corrected chi connectivity index (χ0v) is 17.9. The van der Waals surface area contributed by atoms with Crippen molar-refractivity contribution >= 4 is 17.5 Å². The smallest absolute Gasteiger partial charge is 0.269 e. The fraction of sp³-hybridized carbons (Fsp3) is 0.120. The molecule has 0 atom stereocenters. The van der Waals surface area contributed by atoms with Crippen LogP contribution in [0.5, 0.6) is 11.5 Å². The molecule has 6 rings (SSSR count). The number of carbonyl (C=O) groups excluding carboxylic acids is 2. The van der Waals surface area contributed by atoms with E-state index in [1.54, 1.807) is 29.2 Å². The summed E-state index contributed by atoms with van der Waals surface area (Å²) in [6.07, 6.45) is 4.51. The molecule has 0 unspecified atom stereocenters. The molecule has 3 N–H and O–H groups in total. The molecule has 2 aromatic heterocycles. The van der Waals surface area contributed by atoms with Crippen molar-refractivity contribution in [2.24, 2.45) is 5.73 Å². The first-order valence-corrected chi connectivity index (χ1v) is 10.7. The van der Waals surface area contributed by atoms with Gasteiger partial charge in [0.15, 0.2) is 17.2 Å². The molecule has 0 saturated carbocycles. The van der Waals surface area contributed by atoms with Gasteiger partial charge in [-0.2, -0.15) is 5.10 Å². The molecule has 0 bridgehead atoms. The molecule has 0 fully saturated rings. The molecule has 1 aliphatic heterocycles. The summed E-state index contributed by atoms with van der Waals surface area (Å²) in [5.41, 5.74) is 11.3. The number of carbonyl (C=O) groups is 2. The van der Waals surface area contributed by atoms with E-state index >= 15 is 0 Å². The van der Waals surface area contributed by atoms with E-state index < -0.39 is 5.91 Å². The van der Waals surface area contributed by atoms with Gasteiger partial charge in [0, 0.05) is 40.8 Å². The summed E-state index contributed by atoms with van der Waals surface area (Å²) in [5.74, 6) is 0.444. The monoisotopic (exact) mass is 453 g/mol. The molecule has 2 aliphatic rings. The van der Waals surface area contributed by atoms with Gasteiger partial charge in [-0.1, -0.05) is 6.07 Å². The summed E-state index contributed by atoms with van der Waals surface area (Å²) in [7, 11) is 0. The first kappa shape index (κ1) is 20.0. The predicted molar refractivity (Wildman–Crippen MR) is 123 cm³/mol. The van der Waals surface area contributed by atoms with Gasteiger partial charge in [0.05, 0.1) is 11.4 Å². The number of anilines is 1. The summed E-state index contributed by atoms with van der Waals surface area (Å²) >= 11 is 0. The minimum Gasteiger partial charge on any atom is -0.454 e. The number of nitrogens with two attached hydrogens (primary N) is 1. The van der Waals surface area contributed by atoms with E-state index in [1.165, 1.54) is 0 Å². The molecule has 3 heterocycles. The second-order valence-electron chi connectivity index (χ2n) is 8.05. The second kappa shape index (κ2) is 7.73. The Morgan fingerprint density at radius 1 is 0.971 bits per heavy atom. The third-order valence-corrected chi connectivity index (χ3v) is 6.03. The highest BCUT2D eigenvalue weighted by molar-refractivity contribution is 6.04.